The van der Waals surface area contributed by atoms with E-state index in [1.807, 2.05) is 14.0 Å². The zero-order chi connectivity index (χ0) is 22.2. The molecule has 1 fully saturated rings. The highest BCUT2D eigenvalue weighted by Gasteiger charge is 2.17. The third-order valence-corrected chi connectivity index (χ3v) is 7.12. The number of guanidine groups is 1. The molecule has 2 aromatic rings. The van der Waals surface area contributed by atoms with Crippen molar-refractivity contribution in [3.05, 3.63) is 51.5 Å². The van der Waals surface area contributed by atoms with Crippen LogP contribution >= 0.6 is 35.3 Å². The Balaban J connectivity index is 0.00000363. The Morgan fingerprint density at radius 1 is 1.31 bits per heavy atom. The number of nitrogens with one attached hydrogen (secondary N) is 1. The molecule has 6 nitrogen and oxygen atoms in total. The fourth-order valence-corrected chi connectivity index (χ4v) is 4.75. The second-order valence-electron chi connectivity index (χ2n) is 8.54. The van der Waals surface area contributed by atoms with Gasteiger partial charge in [-0.2, -0.15) is 0 Å². The van der Waals surface area contributed by atoms with E-state index in [-0.39, 0.29) is 30.1 Å². The number of piperidine rings is 1. The van der Waals surface area contributed by atoms with Crippen LogP contribution in [0.15, 0.2) is 34.6 Å². The highest BCUT2D eigenvalue weighted by Crippen LogP contribution is 2.21. The summed E-state index contributed by atoms with van der Waals surface area (Å²) in [5.74, 6) is 1.73. The number of methoxy groups -OCH3 is 1. The number of halogens is 1. The lowest BCUT2D eigenvalue weighted by Gasteiger charge is -2.31. The number of hydrogen-bond acceptors (Lipinski definition) is 5. The summed E-state index contributed by atoms with van der Waals surface area (Å²) in [6, 6.07) is 8.75. The molecule has 1 atom stereocenters. The number of nitrogens with zero attached hydrogens (tertiary/aromatic N) is 4. The lowest BCUT2D eigenvalue weighted by Crippen LogP contribution is -2.38. The molecule has 178 valence electrons. The Morgan fingerprint density at radius 2 is 2.00 bits per heavy atom. The van der Waals surface area contributed by atoms with E-state index < -0.39 is 0 Å². The second-order valence-corrected chi connectivity index (χ2v) is 9.43. The third-order valence-electron chi connectivity index (χ3n) is 6.07. The predicted octanol–water partition coefficient (Wildman–Crippen LogP) is 4.91. The Bertz CT molecular complexity index is 850. The first-order valence-electron chi connectivity index (χ1n) is 11.2. The van der Waals surface area contributed by atoms with Crippen molar-refractivity contribution < 1.29 is 4.74 Å². The first kappa shape index (κ1) is 27.0. The average molecular weight is 572 g/mol. The number of likely N-dealkylation sites (tertiary alicyclic amines) is 1. The molecule has 1 aromatic carbocycles. The van der Waals surface area contributed by atoms with Gasteiger partial charge in [0, 0.05) is 39.7 Å². The molecule has 1 aromatic heterocycles. The smallest absolute Gasteiger partial charge is 0.194 e. The summed E-state index contributed by atoms with van der Waals surface area (Å²) in [5.41, 5.74) is 3.77. The molecule has 1 unspecified atom stereocenters. The number of aromatic nitrogens is 1. The van der Waals surface area contributed by atoms with Crippen LogP contribution in [0.1, 0.15) is 54.6 Å². The molecule has 32 heavy (non-hydrogen) atoms. The van der Waals surface area contributed by atoms with Crippen molar-refractivity contribution in [3.63, 3.8) is 0 Å². The minimum absolute atomic E-state index is 0. The first-order valence-corrected chi connectivity index (χ1v) is 12.1. The maximum absolute atomic E-state index is 5.38. The number of benzene rings is 1. The van der Waals surface area contributed by atoms with Crippen molar-refractivity contribution in [1.29, 1.82) is 0 Å². The number of ether oxygens (including phenoxy) is 1. The molecule has 0 saturated carbocycles. The zero-order valence-corrected chi connectivity index (χ0v) is 23.2. The Kier molecular flexibility index (Phi) is 11.4. The summed E-state index contributed by atoms with van der Waals surface area (Å²) >= 11 is 1.64. The van der Waals surface area contributed by atoms with Crippen molar-refractivity contribution in [3.8, 4) is 0 Å². The van der Waals surface area contributed by atoms with Gasteiger partial charge in [0.2, 0.25) is 0 Å². The fourth-order valence-electron chi connectivity index (χ4n) is 3.90. The van der Waals surface area contributed by atoms with E-state index in [0.717, 1.165) is 35.7 Å². The summed E-state index contributed by atoms with van der Waals surface area (Å²) < 4.78 is 5.38. The lowest BCUT2D eigenvalue weighted by molar-refractivity contribution is 0.119. The molecule has 2 heterocycles. The quantitative estimate of drug-likeness (QED) is 0.278. The van der Waals surface area contributed by atoms with E-state index in [1.165, 1.54) is 37.1 Å². The van der Waals surface area contributed by atoms with Gasteiger partial charge in [0.05, 0.1) is 12.2 Å². The first-order chi connectivity index (χ1) is 15.0. The predicted molar refractivity (Wildman–Crippen MR) is 145 cm³/mol. The van der Waals surface area contributed by atoms with Crippen LogP contribution in [0.25, 0.3) is 0 Å². The van der Waals surface area contributed by atoms with E-state index in [4.69, 9.17) is 9.72 Å². The minimum Gasteiger partial charge on any atom is -0.375 e. The van der Waals surface area contributed by atoms with Crippen molar-refractivity contribution in [2.24, 2.45) is 10.9 Å². The van der Waals surface area contributed by atoms with E-state index >= 15 is 0 Å². The molecule has 0 aliphatic carbocycles. The Labute approximate surface area is 214 Å². The van der Waals surface area contributed by atoms with Gasteiger partial charge in [-0.25, -0.2) is 4.98 Å². The SMILES string of the molecule is CN=C(NCc1ccccc1CN1CCC(C)CC1)N(C)Cc1csc(C(C)OC)n1.I. The fraction of sp³-hybridized carbons (Fsp3) is 0.583. The van der Waals surface area contributed by atoms with Gasteiger partial charge in [-0.15, -0.1) is 35.3 Å². The van der Waals surface area contributed by atoms with Crippen LogP contribution in [-0.4, -0.2) is 55.0 Å². The molecule has 1 saturated heterocycles. The number of rotatable bonds is 8. The van der Waals surface area contributed by atoms with Gasteiger partial charge in [-0.3, -0.25) is 9.89 Å². The zero-order valence-electron chi connectivity index (χ0n) is 20.0. The highest BCUT2D eigenvalue weighted by atomic mass is 127. The third kappa shape index (κ3) is 7.67. The van der Waals surface area contributed by atoms with Crippen LogP contribution in [0.3, 0.4) is 0 Å². The summed E-state index contributed by atoms with van der Waals surface area (Å²) in [7, 11) is 5.60. The Hall–Kier alpha value is -1.23. The molecular weight excluding hydrogens is 533 g/mol. The molecule has 0 spiro atoms. The van der Waals surface area contributed by atoms with Crippen molar-refractivity contribution in [2.45, 2.75) is 52.4 Å². The molecule has 8 heteroatoms. The average Bonchev–Trinajstić information content (AvgIpc) is 3.24. The summed E-state index contributed by atoms with van der Waals surface area (Å²) in [5, 5.41) is 6.65. The van der Waals surface area contributed by atoms with E-state index in [1.54, 1.807) is 18.4 Å². The number of aliphatic imine (C=N–C) groups is 1. The van der Waals surface area contributed by atoms with Crippen molar-refractivity contribution in [1.82, 2.24) is 20.1 Å². The van der Waals surface area contributed by atoms with E-state index in [0.29, 0.717) is 6.54 Å². The monoisotopic (exact) mass is 571 g/mol. The van der Waals surface area contributed by atoms with Crippen LogP contribution < -0.4 is 5.32 Å². The van der Waals surface area contributed by atoms with Gasteiger partial charge in [-0.1, -0.05) is 31.2 Å². The van der Waals surface area contributed by atoms with Gasteiger partial charge < -0.3 is 15.0 Å². The van der Waals surface area contributed by atoms with Crippen LogP contribution in [0.4, 0.5) is 0 Å². The maximum Gasteiger partial charge on any atom is 0.194 e. The molecule has 3 rings (SSSR count). The van der Waals surface area contributed by atoms with Crippen LogP contribution in [0, 0.1) is 5.92 Å². The number of thiazole rings is 1. The topological polar surface area (TPSA) is 53.0 Å². The lowest BCUT2D eigenvalue weighted by atomic mass is 9.98. The summed E-state index contributed by atoms with van der Waals surface area (Å²) in [4.78, 5) is 13.9. The molecule has 0 amide bonds. The van der Waals surface area contributed by atoms with E-state index in [9.17, 15) is 0 Å². The molecule has 0 radical (unpaired) electrons. The van der Waals surface area contributed by atoms with Gasteiger partial charge in [0.1, 0.15) is 11.1 Å². The van der Waals surface area contributed by atoms with Crippen LogP contribution in [0.5, 0.6) is 0 Å². The van der Waals surface area contributed by atoms with Crippen molar-refractivity contribution in [2.75, 3.05) is 34.3 Å². The molecule has 0 bridgehead atoms. The highest BCUT2D eigenvalue weighted by molar-refractivity contribution is 14.0. The molecule has 1 N–H and O–H groups in total. The standard InChI is InChI=1S/C24H37N5OS.HI/c1-18-10-12-29(13-11-18)15-21-9-7-6-8-20(21)14-26-24(25-3)28(4)16-22-17-31-23(27-22)19(2)30-5;/h6-9,17-19H,10-16H2,1-5H3,(H,25,26);1H. The van der Waals surface area contributed by atoms with Gasteiger partial charge in [0.25, 0.3) is 0 Å². The maximum atomic E-state index is 5.38. The van der Waals surface area contributed by atoms with Crippen LogP contribution in [-0.2, 0) is 24.4 Å². The molecular formula is C24H38IN5OS. The normalized spacial score (nSPS) is 16.5. The molecule has 1 aliphatic rings. The second kappa shape index (κ2) is 13.5. The van der Waals surface area contributed by atoms with Crippen LogP contribution in [0.2, 0.25) is 0 Å². The summed E-state index contributed by atoms with van der Waals surface area (Å²) in [6.07, 6.45) is 2.64. The summed E-state index contributed by atoms with van der Waals surface area (Å²) in [6.45, 7) is 9.28. The minimum atomic E-state index is 0. The van der Waals surface area contributed by atoms with Crippen molar-refractivity contribution >= 4 is 41.3 Å². The Morgan fingerprint density at radius 3 is 2.66 bits per heavy atom. The van der Waals surface area contributed by atoms with E-state index in [2.05, 4.69) is 63.7 Å². The van der Waals surface area contributed by atoms with Gasteiger partial charge in [0.15, 0.2) is 5.96 Å². The largest absolute Gasteiger partial charge is 0.375 e. The van der Waals surface area contributed by atoms with Gasteiger partial charge >= 0.3 is 0 Å². The van der Waals surface area contributed by atoms with Gasteiger partial charge in [-0.05, 0) is 49.9 Å². The number of hydrogen-bond donors (Lipinski definition) is 1. The molecule has 1 aliphatic heterocycles.